The molecule has 9 nitrogen and oxygen atoms in total. The molecule has 2 aromatic carbocycles. The third-order valence-corrected chi connectivity index (χ3v) is 6.73. The van der Waals surface area contributed by atoms with Crippen LogP contribution in [0, 0.1) is 0 Å². The number of amides is 1. The first-order valence-electron chi connectivity index (χ1n) is 12.5. The highest BCUT2D eigenvalue weighted by Crippen LogP contribution is 2.34. The number of likely N-dealkylation sites (tertiary alicyclic amines) is 1. The Bertz CT molecular complexity index is 1400. The van der Waals surface area contributed by atoms with Gasteiger partial charge >= 0.3 is 0 Å². The largest absolute Gasteiger partial charge is 0.491 e. The molecule has 2 aromatic heterocycles. The van der Waals surface area contributed by atoms with Crippen molar-refractivity contribution in [3.8, 4) is 11.5 Å². The number of carbonyl (C=O) groups is 1. The molecule has 0 spiro atoms. The molecule has 10 heteroatoms. The Kier molecular flexibility index (Phi) is 8.15. The minimum atomic E-state index is -0.498. The molecule has 0 bridgehead atoms. The van der Waals surface area contributed by atoms with Crippen LogP contribution in [0.1, 0.15) is 25.0 Å². The number of rotatable bonds is 9. The monoisotopic (exact) mass is 533 g/mol. The van der Waals surface area contributed by atoms with Crippen molar-refractivity contribution in [1.29, 1.82) is 0 Å². The van der Waals surface area contributed by atoms with Crippen LogP contribution in [-0.4, -0.2) is 56.7 Å². The first kappa shape index (κ1) is 25.7. The highest BCUT2D eigenvalue weighted by atomic mass is 35.5. The maximum Gasteiger partial charge on any atom is 0.248 e. The Morgan fingerprint density at radius 3 is 2.79 bits per heavy atom. The van der Waals surface area contributed by atoms with Gasteiger partial charge in [-0.1, -0.05) is 23.7 Å². The Morgan fingerprint density at radius 2 is 1.97 bits per heavy atom. The zero-order chi connectivity index (χ0) is 26.3. The fourth-order valence-corrected chi connectivity index (χ4v) is 4.78. The number of aromatic nitrogens is 3. The average molecular weight is 534 g/mol. The number of aliphatic hydroxyl groups excluding tert-OH is 1. The normalized spacial score (nSPS) is 15.3. The van der Waals surface area contributed by atoms with E-state index in [0.29, 0.717) is 47.6 Å². The number of hydrogen-bond donors (Lipinski definition) is 2. The van der Waals surface area contributed by atoms with Crippen molar-refractivity contribution >= 4 is 39.9 Å². The Hall–Kier alpha value is -3.95. The van der Waals surface area contributed by atoms with Crippen molar-refractivity contribution in [3.05, 3.63) is 77.8 Å². The summed E-state index contributed by atoms with van der Waals surface area (Å²) >= 11 is 6.51. The van der Waals surface area contributed by atoms with Crippen molar-refractivity contribution in [1.82, 2.24) is 19.9 Å². The summed E-state index contributed by atoms with van der Waals surface area (Å²) in [5, 5.41) is 13.8. The van der Waals surface area contributed by atoms with E-state index in [9.17, 15) is 9.90 Å². The molecule has 3 heterocycles. The van der Waals surface area contributed by atoms with Gasteiger partial charge in [-0.25, -0.2) is 9.97 Å². The summed E-state index contributed by atoms with van der Waals surface area (Å²) in [6, 6.07) is 16.6. The standard InChI is InChI=1S/C28H28ClN5O4/c29-22-14-19(10-11-24(22)37-16-20-6-1-3-12-30-20)33-28-27-23(31-18-32-28)8-5-9-25(27)38-17-21-7-2-4-13-34(21)26(36)15-35/h1,3,5-6,8-12,14,18,21,35H,2,4,7,13,15-17H2,(H,31,32,33). The quantitative estimate of drug-likeness (QED) is 0.317. The lowest BCUT2D eigenvalue weighted by atomic mass is 10.0. The summed E-state index contributed by atoms with van der Waals surface area (Å²) in [6.07, 6.45) is 5.97. The van der Waals surface area contributed by atoms with Gasteiger partial charge in [0.25, 0.3) is 0 Å². The number of halogens is 1. The van der Waals surface area contributed by atoms with Crippen LogP contribution in [0.25, 0.3) is 10.9 Å². The SMILES string of the molecule is O=C(CO)N1CCCCC1COc1cccc2ncnc(Nc3ccc(OCc4ccccn4)c(Cl)c3)c12. The Labute approximate surface area is 225 Å². The smallest absolute Gasteiger partial charge is 0.248 e. The van der Waals surface area contributed by atoms with Crippen LogP contribution in [-0.2, 0) is 11.4 Å². The van der Waals surface area contributed by atoms with Gasteiger partial charge in [0.05, 0.1) is 27.7 Å². The van der Waals surface area contributed by atoms with Crippen LogP contribution in [0.15, 0.2) is 67.1 Å². The molecule has 1 saturated heterocycles. The third kappa shape index (κ3) is 5.95. The second kappa shape index (κ2) is 12.1. The summed E-state index contributed by atoms with van der Waals surface area (Å²) < 4.78 is 12.1. The van der Waals surface area contributed by atoms with E-state index in [4.69, 9.17) is 21.1 Å². The Morgan fingerprint density at radius 1 is 1.05 bits per heavy atom. The maximum absolute atomic E-state index is 12.2. The number of hydrogen-bond acceptors (Lipinski definition) is 8. The lowest BCUT2D eigenvalue weighted by Crippen LogP contribution is -2.47. The number of aliphatic hydroxyl groups is 1. The number of benzene rings is 2. The summed E-state index contributed by atoms with van der Waals surface area (Å²) in [5.41, 5.74) is 2.25. The van der Waals surface area contributed by atoms with Crippen molar-refractivity contribution in [2.75, 3.05) is 25.1 Å². The predicted octanol–water partition coefficient (Wildman–Crippen LogP) is 4.75. The molecule has 1 fully saturated rings. The number of carbonyl (C=O) groups excluding carboxylic acids is 1. The summed E-state index contributed by atoms with van der Waals surface area (Å²) in [4.78, 5) is 27.0. The number of nitrogens with one attached hydrogen (secondary N) is 1. The van der Waals surface area contributed by atoms with E-state index < -0.39 is 6.61 Å². The second-order valence-corrected chi connectivity index (χ2v) is 9.37. The predicted molar refractivity (Wildman–Crippen MR) is 145 cm³/mol. The van der Waals surface area contributed by atoms with E-state index in [2.05, 4.69) is 20.3 Å². The van der Waals surface area contributed by atoms with Gasteiger partial charge in [0.15, 0.2) is 0 Å². The maximum atomic E-state index is 12.2. The molecule has 0 aliphatic carbocycles. The number of piperidine rings is 1. The van der Waals surface area contributed by atoms with E-state index in [1.54, 1.807) is 23.2 Å². The minimum absolute atomic E-state index is 0.0999. The molecular formula is C28H28ClN5O4. The lowest BCUT2D eigenvalue weighted by Gasteiger charge is -2.35. The second-order valence-electron chi connectivity index (χ2n) is 8.96. The molecular weight excluding hydrogens is 506 g/mol. The molecule has 4 aromatic rings. The van der Waals surface area contributed by atoms with Gasteiger partial charge in [-0.05, 0) is 61.7 Å². The molecule has 2 N–H and O–H groups in total. The van der Waals surface area contributed by atoms with Crippen molar-refractivity contribution in [3.63, 3.8) is 0 Å². The van der Waals surface area contributed by atoms with E-state index in [1.165, 1.54) is 6.33 Å². The minimum Gasteiger partial charge on any atom is -0.491 e. The molecule has 1 aliphatic rings. The number of pyridine rings is 1. The molecule has 196 valence electrons. The van der Waals surface area contributed by atoms with Crippen LogP contribution in [0.4, 0.5) is 11.5 Å². The summed E-state index contributed by atoms with van der Waals surface area (Å²) in [5.74, 6) is 1.45. The first-order valence-corrected chi connectivity index (χ1v) is 12.9. The number of anilines is 2. The van der Waals surface area contributed by atoms with Gasteiger partial charge in [-0.2, -0.15) is 0 Å². The van der Waals surface area contributed by atoms with E-state index in [0.717, 1.165) is 36.0 Å². The lowest BCUT2D eigenvalue weighted by molar-refractivity contribution is -0.138. The van der Waals surface area contributed by atoms with E-state index in [1.807, 2.05) is 42.5 Å². The molecule has 1 atom stereocenters. The van der Waals surface area contributed by atoms with E-state index >= 15 is 0 Å². The average Bonchev–Trinajstić information content (AvgIpc) is 2.96. The topological polar surface area (TPSA) is 110 Å². The van der Waals surface area contributed by atoms with Gasteiger partial charge in [0, 0.05) is 18.4 Å². The van der Waals surface area contributed by atoms with Crippen molar-refractivity contribution in [2.45, 2.75) is 31.9 Å². The van der Waals surface area contributed by atoms with E-state index in [-0.39, 0.29) is 11.9 Å². The van der Waals surface area contributed by atoms with Crippen molar-refractivity contribution < 1.29 is 19.4 Å². The first-order chi connectivity index (χ1) is 18.6. The van der Waals surface area contributed by atoms with Gasteiger partial charge in [0.2, 0.25) is 5.91 Å². The number of ether oxygens (including phenoxy) is 2. The zero-order valence-electron chi connectivity index (χ0n) is 20.7. The van der Waals surface area contributed by atoms with Gasteiger partial charge < -0.3 is 24.8 Å². The molecule has 1 amide bonds. The van der Waals surface area contributed by atoms with Gasteiger partial charge in [0.1, 0.15) is 43.5 Å². The highest BCUT2D eigenvalue weighted by molar-refractivity contribution is 6.32. The Balaban J connectivity index is 1.33. The van der Waals surface area contributed by atoms with Crippen LogP contribution >= 0.6 is 11.6 Å². The zero-order valence-corrected chi connectivity index (χ0v) is 21.5. The van der Waals surface area contributed by atoms with Crippen LogP contribution < -0.4 is 14.8 Å². The van der Waals surface area contributed by atoms with Crippen LogP contribution in [0.2, 0.25) is 5.02 Å². The molecule has 38 heavy (non-hydrogen) atoms. The highest BCUT2D eigenvalue weighted by Gasteiger charge is 2.27. The molecule has 1 aliphatic heterocycles. The van der Waals surface area contributed by atoms with Crippen molar-refractivity contribution in [2.24, 2.45) is 0 Å². The molecule has 0 saturated carbocycles. The number of fused-ring (bicyclic) bond motifs is 1. The molecule has 5 rings (SSSR count). The fourth-order valence-electron chi connectivity index (χ4n) is 4.54. The summed E-state index contributed by atoms with van der Waals surface area (Å²) in [6.45, 7) is 0.754. The summed E-state index contributed by atoms with van der Waals surface area (Å²) in [7, 11) is 0. The number of nitrogens with zero attached hydrogens (tertiary/aromatic N) is 4. The molecule has 1 unspecified atom stereocenters. The molecule has 0 radical (unpaired) electrons. The van der Waals surface area contributed by atoms with Crippen LogP contribution in [0.3, 0.4) is 0 Å². The fraction of sp³-hybridized carbons (Fsp3) is 0.286. The van der Waals surface area contributed by atoms with Gasteiger partial charge in [-0.3, -0.25) is 9.78 Å². The third-order valence-electron chi connectivity index (χ3n) is 6.43. The van der Waals surface area contributed by atoms with Gasteiger partial charge in [-0.15, -0.1) is 0 Å². The van der Waals surface area contributed by atoms with Crippen LogP contribution in [0.5, 0.6) is 11.5 Å².